The number of fused-ring (bicyclic) bond motifs is 1. The number of nitrogens with one attached hydrogen (secondary N) is 1. The number of hydrogen-bond donors (Lipinski definition) is 1. The van der Waals surface area contributed by atoms with Crippen LogP contribution in [0.3, 0.4) is 0 Å². The fraction of sp³-hybridized carbons (Fsp3) is 0.143. The molecule has 0 aliphatic carbocycles. The maximum absolute atomic E-state index is 12.0. The van der Waals surface area contributed by atoms with E-state index < -0.39 is 0 Å². The van der Waals surface area contributed by atoms with Crippen molar-refractivity contribution in [1.29, 1.82) is 0 Å². The number of carbonyl (C=O) groups excluding carboxylic acids is 2. The molecule has 0 unspecified atom stereocenters. The number of aldehydes is 1. The van der Waals surface area contributed by atoms with E-state index in [1.54, 1.807) is 13.2 Å². The van der Waals surface area contributed by atoms with Gasteiger partial charge < -0.3 is 14.8 Å². The lowest BCUT2D eigenvalue weighted by atomic mass is 10.0. The third-order valence-electron chi connectivity index (χ3n) is 4.06. The molecule has 0 atom stereocenters. The lowest BCUT2D eigenvalue weighted by Crippen LogP contribution is -2.28. The topological polar surface area (TPSA) is 64.6 Å². The Morgan fingerprint density at radius 1 is 1.04 bits per heavy atom. The van der Waals surface area contributed by atoms with E-state index in [1.165, 1.54) is 0 Å². The van der Waals surface area contributed by atoms with Crippen molar-refractivity contribution in [2.75, 3.05) is 13.7 Å². The maximum atomic E-state index is 12.0. The highest BCUT2D eigenvalue weighted by atomic mass is 16.5. The summed E-state index contributed by atoms with van der Waals surface area (Å²) in [4.78, 5) is 23.5. The molecule has 0 saturated carbocycles. The van der Waals surface area contributed by atoms with Gasteiger partial charge in [0, 0.05) is 6.54 Å². The first kappa shape index (κ1) is 17.5. The zero-order chi connectivity index (χ0) is 18.4. The van der Waals surface area contributed by atoms with Crippen molar-refractivity contribution >= 4 is 23.0 Å². The van der Waals surface area contributed by atoms with Gasteiger partial charge in [0.15, 0.2) is 12.9 Å². The van der Waals surface area contributed by atoms with Crippen molar-refractivity contribution in [2.24, 2.45) is 0 Å². The predicted octanol–water partition coefficient (Wildman–Crippen LogP) is 3.36. The van der Waals surface area contributed by atoms with Crippen LogP contribution in [0, 0.1) is 0 Å². The summed E-state index contributed by atoms with van der Waals surface area (Å²) in [6, 6.07) is 18.6. The van der Waals surface area contributed by atoms with E-state index in [4.69, 9.17) is 9.47 Å². The van der Waals surface area contributed by atoms with Gasteiger partial charge in [-0.1, -0.05) is 42.5 Å². The third-order valence-corrected chi connectivity index (χ3v) is 4.06. The molecular weight excluding hydrogens is 330 g/mol. The van der Waals surface area contributed by atoms with Crippen molar-refractivity contribution in [3.05, 3.63) is 71.8 Å². The SMILES string of the molecule is COc1ccc(CNC(=O)COc2ccc3ccccc3c2C=O)cc1. The van der Waals surface area contributed by atoms with Gasteiger partial charge in [-0.15, -0.1) is 0 Å². The summed E-state index contributed by atoms with van der Waals surface area (Å²) in [6.07, 6.45) is 0.757. The van der Waals surface area contributed by atoms with Crippen LogP contribution in [0.2, 0.25) is 0 Å². The largest absolute Gasteiger partial charge is 0.497 e. The summed E-state index contributed by atoms with van der Waals surface area (Å²) in [5.41, 5.74) is 1.41. The number of methoxy groups -OCH3 is 1. The minimum Gasteiger partial charge on any atom is -0.497 e. The van der Waals surface area contributed by atoms with Crippen LogP contribution in [-0.2, 0) is 11.3 Å². The molecule has 0 aliphatic heterocycles. The second-order valence-electron chi connectivity index (χ2n) is 5.73. The van der Waals surface area contributed by atoms with E-state index in [0.29, 0.717) is 17.9 Å². The molecule has 0 bridgehead atoms. The fourth-order valence-electron chi connectivity index (χ4n) is 2.66. The number of ether oxygens (including phenoxy) is 2. The molecule has 0 spiro atoms. The van der Waals surface area contributed by atoms with Gasteiger partial charge in [0.25, 0.3) is 5.91 Å². The van der Waals surface area contributed by atoms with E-state index in [1.807, 2.05) is 54.6 Å². The Labute approximate surface area is 151 Å². The molecule has 0 aliphatic rings. The van der Waals surface area contributed by atoms with Gasteiger partial charge >= 0.3 is 0 Å². The summed E-state index contributed by atoms with van der Waals surface area (Å²) in [5, 5.41) is 4.54. The molecule has 0 radical (unpaired) electrons. The van der Waals surface area contributed by atoms with Crippen LogP contribution in [-0.4, -0.2) is 25.9 Å². The molecule has 0 aromatic heterocycles. The molecule has 0 fully saturated rings. The molecule has 3 aromatic carbocycles. The monoisotopic (exact) mass is 349 g/mol. The van der Waals surface area contributed by atoms with Crippen LogP contribution in [0.25, 0.3) is 10.8 Å². The number of carbonyl (C=O) groups is 2. The van der Waals surface area contributed by atoms with Crippen molar-refractivity contribution < 1.29 is 19.1 Å². The predicted molar refractivity (Wildman–Crippen MR) is 99.7 cm³/mol. The Morgan fingerprint density at radius 3 is 2.54 bits per heavy atom. The van der Waals surface area contributed by atoms with E-state index in [0.717, 1.165) is 28.4 Å². The highest BCUT2D eigenvalue weighted by molar-refractivity contribution is 6.00. The lowest BCUT2D eigenvalue weighted by molar-refractivity contribution is -0.123. The van der Waals surface area contributed by atoms with Crippen molar-refractivity contribution in [3.8, 4) is 11.5 Å². The molecule has 1 N–H and O–H groups in total. The smallest absolute Gasteiger partial charge is 0.258 e. The van der Waals surface area contributed by atoms with E-state index in [2.05, 4.69) is 5.32 Å². The number of benzene rings is 3. The summed E-state index contributed by atoms with van der Waals surface area (Å²) in [7, 11) is 1.61. The van der Waals surface area contributed by atoms with Gasteiger partial charge in [0.2, 0.25) is 0 Å². The Hall–Kier alpha value is -3.34. The van der Waals surface area contributed by atoms with Gasteiger partial charge in [-0.3, -0.25) is 9.59 Å². The summed E-state index contributed by atoms with van der Waals surface area (Å²) in [6.45, 7) is 0.236. The molecular formula is C21H19NO4. The van der Waals surface area contributed by atoms with Crippen LogP contribution in [0.5, 0.6) is 11.5 Å². The average Bonchev–Trinajstić information content (AvgIpc) is 2.70. The van der Waals surface area contributed by atoms with Crippen LogP contribution in [0.1, 0.15) is 15.9 Å². The Bertz CT molecular complexity index is 919. The number of rotatable bonds is 7. The highest BCUT2D eigenvalue weighted by Crippen LogP contribution is 2.26. The average molecular weight is 349 g/mol. The quantitative estimate of drug-likeness (QED) is 0.664. The van der Waals surface area contributed by atoms with Gasteiger partial charge in [-0.25, -0.2) is 0 Å². The van der Waals surface area contributed by atoms with Gasteiger partial charge in [-0.05, 0) is 34.5 Å². The van der Waals surface area contributed by atoms with E-state index >= 15 is 0 Å². The highest BCUT2D eigenvalue weighted by Gasteiger charge is 2.10. The molecule has 26 heavy (non-hydrogen) atoms. The standard InChI is InChI=1S/C21H19NO4/c1-25-17-9-6-15(7-10-17)12-22-21(24)14-26-20-11-8-16-4-2-3-5-18(16)19(20)13-23/h2-11,13H,12,14H2,1H3,(H,22,24). The molecule has 5 heteroatoms. The molecule has 3 aromatic rings. The molecule has 1 amide bonds. The maximum Gasteiger partial charge on any atom is 0.258 e. The van der Waals surface area contributed by atoms with Crippen LogP contribution in [0.4, 0.5) is 0 Å². The first-order valence-electron chi connectivity index (χ1n) is 8.20. The second-order valence-corrected chi connectivity index (χ2v) is 5.73. The van der Waals surface area contributed by atoms with Gasteiger partial charge in [-0.2, -0.15) is 0 Å². The Morgan fingerprint density at radius 2 is 1.81 bits per heavy atom. The molecule has 5 nitrogen and oxygen atoms in total. The van der Waals surface area contributed by atoms with Crippen molar-refractivity contribution in [1.82, 2.24) is 5.32 Å². The first-order chi connectivity index (χ1) is 12.7. The number of hydrogen-bond acceptors (Lipinski definition) is 4. The normalized spacial score (nSPS) is 10.3. The summed E-state index contributed by atoms with van der Waals surface area (Å²) >= 11 is 0. The minimum absolute atomic E-state index is 0.157. The lowest BCUT2D eigenvalue weighted by Gasteiger charge is -2.11. The molecule has 0 saturated heterocycles. The zero-order valence-corrected chi connectivity index (χ0v) is 14.4. The van der Waals surface area contributed by atoms with E-state index in [-0.39, 0.29) is 12.5 Å². The van der Waals surface area contributed by atoms with Gasteiger partial charge in [0.1, 0.15) is 11.5 Å². The molecule has 0 heterocycles. The number of amides is 1. The molecule has 132 valence electrons. The fourth-order valence-corrected chi connectivity index (χ4v) is 2.66. The minimum atomic E-state index is -0.258. The van der Waals surface area contributed by atoms with Crippen LogP contribution in [0.15, 0.2) is 60.7 Å². The second kappa shape index (κ2) is 8.16. The van der Waals surface area contributed by atoms with E-state index in [9.17, 15) is 9.59 Å². The zero-order valence-electron chi connectivity index (χ0n) is 14.4. The van der Waals surface area contributed by atoms with Gasteiger partial charge in [0.05, 0.1) is 12.7 Å². The third kappa shape index (κ3) is 4.00. The Balaban J connectivity index is 1.60. The van der Waals surface area contributed by atoms with Crippen molar-refractivity contribution in [2.45, 2.75) is 6.54 Å². The summed E-state index contributed by atoms with van der Waals surface area (Å²) in [5.74, 6) is 0.908. The first-order valence-corrected chi connectivity index (χ1v) is 8.20. The Kier molecular flexibility index (Phi) is 5.49. The van der Waals surface area contributed by atoms with Crippen molar-refractivity contribution in [3.63, 3.8) is 0 Å². The van der Waals surface area contributed by atoms with Crippen LogP contribution >= 0.6 is 0 Å². The molecule has 3 rings (SSSR count). The van der Waals surface area contributed by atoms with Crippen LogP contribution < -0.4 is 14.8 Å². The summed E-state index contributed by atoms with van der Waals surface area (Å²) < 4.78 is 10.7.